The first-order chi connectivity index (χ1) is 8.42. The number of halogens is 1. The van der Waals surface area contributed by atoms with Crippen LogP contribution in [-0.2, 0) is 10.0 Å². The Balaban J connectivity index is 2.39. The lowest BCUT2D eigenvalue weighted by Gasteiger charge is -2.21. The maximum Gasteiger partial charge on any atom is 0.287 e. The molecule has 0 aromatic heterocycles. The number of hydrogen-bond donors (Lipinski definition) is 2. The standard InChI is InChI=1S/C11H14IN3O2S/c1-3-7(2)13-11-14-9-5-4-8(12)6-10(9)18(16,17)15-11/h4-7H,3H2,1-2H3,(H2,13,14,15). The van der Waals surface area contributed by atoms with Crippen molar-refractivity contribution in [3.63, 3.8) is 0 Å². The summed E-state index contributed by atoms with van der Waals surface area (Å²) in [4.78, 5) is 0.226. The van der Waals surface area contributed by atoms with Crippen molar-refractivity contribution >= 4 is 44.3 Å². The van der Waals surface area contributed by atoms with E-state index in [1.165, 1.54) is 0 Å². The van der Waals surface area contributed by atoms with Gasteiger partial charge in [0.25, 0.3) is 10.0 Å². The summed E-state index contributed by atoms with van der Waals surface area (Å²) >= 11 is 2.08. The van der Waals surface area contributed by atoms with Crippen molar-refractivity contribution < 1.29 is 8.42 Å². The molecule has 18 heavy (non-hydrogen) atoms. The molecule has 1 aliphatic heterocycles. The summed E-state index contributed by atoms with van der Waals surface area (Å²) in [6.45, 7) is 3.99. The van der Waals surface area contributed by atoms with Crippen molar-refractivity contribution in [1.29, 1.82) is 0 Å². The summed E-state index contributed by atoms with van der Waals surface area (Å²) < 4.78 is 28.7. The third kappa shape index (κ3) is 2.77. The first-order valence-electron chi connectivity index (χ1n) is 5.60. The van der Waals surface area contributed by atoms with Crippen molar-refractivity contribution in [3.8, 4) is 0 Å². The predicted octanol–water partition coefficient (Wildman–Crippen LogP) is 2.15. The molecule has 0 fully saturated rings. The molecule has 0 bridgehead atoms. The Kier molecular flexibility index (Phi) is 3.81. The quantitative estimate of drug-likeness (QED) is 0.773. The number of anilines is 1. The average Bonchev–Trinajstić information content (AvgIpc) is 2.29. The van der Waals surface area contributed by atoms with Crippen LogP contribution in [0, 0.1) is 3.57 Å². The summed E-state index contributed by atoms with van der Waals surface area (Å²) in [5.74, 6) is 0.290. The Labute approximate surface area is 120 Å². The molecule has 0 saturated heterocycles. The number of benzene rings is 1. The van der Waals surface area contributed by atoms with Crippen LogP contribution in [0.3, 0.4) is 0 Å². The van der Waals surface area contributed by atoms with Gasteiger partial charge < -0.3 is 10.6 Å². The van der Waals surface area contributed by atoms with E-state index >= 15 is 0 Å². The zero-order valence-corrected chi connectivity index (χ0v) is 13.0. The van der Waals surface area contributed by atoms with E-state index in [1.807, 2.05) is 19.9 Å². The van der Waals surface area contributed by atoms with E-state index in [2.05, 4.69) is 37.6 Å². The molecule has 7 heteroatoms. The Morgan fingerprint density at radius 2 is 2.22 bits per heavy atom. The van der Waals surface area contributed by atoms with Crippen LogP contribution in [0.25, 0.3) is 0 Å². The zero-order valence-electron chi connectivity index (χ0n) is 10.1. The van der Waals surface area contributed by atoms with Gasteiger partial charge in [-0.15, -0.1) is 4.40 Å². The van der Waals surface area contributed by atoms with Gasteiger partial charge in [-0.1, -0.05) is 6.92 Å². The second-order valence-electron chi connectivity index (χ2n) is 4.13. The minimum Gasteiger partial charge on any atom is -0.353 e. The fraction of sp³-hybridized carbons (Fsp3) is 0.364. The number of fused-ring (bicyclic) bond motifs is 1. The molecule has 1 atom stereocenters. The third-order valence-corrected chi connectivity index (χ3v) is 4.67. The first-order valence-corrected chi connectivity index (χ1v) is 8.12. The summed E-state index contributed by atoms with van der Waals surface area (Å²) in [6, 6.07) is 5.38. The molecule has 0 radical (unpaired) electrons. The van der Waals surface area contributed by atoms with Crippen LogP contribution in [0.1, 0.15) is 20.3 Å². The highest BCUT2D eigenvalue weighted by molar-refractivity contribution is 14.1. The summed E-state index contributed by atoms with van der Waals surface area (Å²) in [6.07, 6.45) is 0.889. The maximum absolute atomic E-state index is 12.0. The molecule has 2 N–H and O–H groups in total. The number of rotatable bonds is 2. The van der Waals surface area contributed by atoms with E-state index < -0.39 is 10.0 Å². The van der Waals surface area contributed by atoms with Crippen molar-refractivity contribution in [3.05, 3.63) is 21.8 Å². The van der Waals surface area contributed by atoms with Crippen LogP contribution < -0.4 is 10.6 Å². The molecule has 1 aliphatic rings. The Morgan fingerprint density at radius 1 is 1.50 bits per heavy atom. The summed E-state index contributed by atoms with van der Waals surface area (Å²) in [5, 5.41) is 6.04. The Hall–Kier alpha value is -0.830. The van der Waals surface area contributed by atoms with E-state index in [4.69, 9.17) is 0 Å². The number of nitrogens with zero attached hydrogens (tertiary/aromatic N) is 1. The van der Waals surface area contributed by atoms with E-state index in [0.29, 0.717) is 5.69 Å². The molecule has 0 saturated carbocycles. The molecule has 0 spiro atoms. The molecular formula is C11H14IN3O2S. The second kappa shape index (κ2) is 5.04. The van der Waals surface area contributed by atoms with Gasteiger partial charge in [-0.25, -0.2) is 0 Å². The van der Waals surface area contributed by atoms with Gasteiger partial charge in [0.15, 0.2) is 0 Å². The van der Waals surface area contributed by atoms with Crippen molar-refractivity contribution in [2.75, 3.05) is 5.32 Å². The third-order valence-electron chi connectivity index (χ3n) is 2.68. The molecule has 1 unspecified atom stereocenters. The van der Waals surface area contributed by atoms with Gasteiger partial charge in [-0.05, 0) is 54.1 Å². The lowest BCUT2D eigenvalue weighted by molar-refractivity contribution is 0.595. The Morgan fingerprint density at radius 3 is 2.89 bits per heavy atom. The van der Waals surface area contributed by atoms with Crippen LogP contribution in [0.4, 0.5) is 5.69 Å². The smallest absolute Gasteiger partial charge is 0.287 e. The minimum atomic E-state index is -3.61. The lowest BCUT2D eigenvalue weighted by atomic mass is 10.3. The fourth-order valence-corrected chi connectivity index (χ4v) is 3.34. The number of hydrogen-bond acceptors (Lipinski definition) is 4. The van der Waals surface area contributed by atoms with Crippen LogP contribution in [-0.4, -0.2) is 20.4 Å². The van der Waals surface area contributed by atoms with E-state index in [0.717, 1.165) is 9.99 Å². The van der Waals surface area contributed by atoms with Gasteiger partial charge in [0, 0.05) is 9.61 Å². The van der Waals surface area contributed by atoms with Crippen molar-refractivity contribution in [1.82, 2.24) is 5.32 Å². The molecule has 5 nitrogen and oxygen atoms in total. The Bertz CT molecular complexity index is 598. The second-order valence-corrected chi connectivity index (χ2v) is 6.95. The van der Waals surface area contributed by atoms with Gasteiger partial charge in [-0.3, -0.25) is 0 Å². The van der Waals surface area contributed by atoms with E-state index in [9.17, 15) is 8.42 Å². The normalized spacial score (nSPS) is 18.3. The lowest BCUT2D eigenvalue weighted by Crippen LogP contribution is -2.39. The highest BCUT2D eigenvalue weighted by Crippen LogP contribution is 2.28. The van der Waals surface area contributed by atoms with Crippen LogP contribution in [0.2, 0.25) is 0 Å². The summed E-state index contributed by atoms with van der Waals surface area (Å²) in [5.41, 5.74) is 0.566. The molecule has 0 amide bonds. The van der Waals surface area contributed by atoms with Crippen molar-refractivity contribution in [2.24, 2.45) is 4.40 Å². The molecule has 1 heterocycles. The van der Waals surface area contributed by atoms with Gasteiger partial charge in [0.1, 0.15) is 4.90 Å². The fourth-order valence-electron chi connectivity index (χ4n) is 1.53. The molecule has 98 valence electrons. The first kappa shape index (κ1) is 13.6. The highest BCUT2D eigenvalue weighted by atomic mass is 127. The van der Waals surface area contributed by atoms with Gasteiger partial charge in [0.2, 0.25) is 5.96 Å². The average molecular weight is 379 g/mol. The molecule has 2 rings (SSSR count). The SMILES string of the molecule is CCC(C)NC1=NS(=O)(=O)c2cc(I)ccc2N1. The molecular weight excluding hydrogens is 365 g/mol. The van der Waals surface area contributed by atoms with Crippen LogP contribution in [0.5, 0.6) is 0 Å². The highest BCUT2D eigenvalue weighted by Gasteiger charge is 2.25. The van der Waals surface area contributed by atoms with Crippen LogP contribution in [0.15, 0.2) is 27.5 Å². The summed E-state index contributed by atoms with van der Waals surface area (Å²) in [7, 11) is -3.61. The van der Waals surface area contributed by atoms with Crippen LogP contribution >= 0.6 is 22.6 Å². The van der Waals surface area contributed by atoms with Gasteiger partial charge in [-0.2, -0.15) is 8.42 Å². The van der Waals surface area contributed by atoms with Gasteiger partial charge in [0.05, 0.1) is 5.69 Å². The maximum atomic E-state index is 12.0. The predicted molar refractivity (Wildman–Crippen MR) is 80.3 cm³/mol. The monoisotopic (exact) mass is 379 g/mol. The number of guanidine groups is 1. The minimum absolute atomic E-state index is 0.164. The molecule has 0 aliphatic carbocycles. The number of nitrogens with one attached hydrogen (secondary N) is 2. The largest absolute Gasteiger partial charge is 0.353 e. The van der Waals surface area contributed by atoms with E-state index in [-0.39, 0.29) is 16.9 Å². The molecule has 1 aromatic carbocycles. The van der Waals surface area contributed by atoms with Gasteiger partial charge >= 0.3 is 0 Å². The van der Waals surface area contributed by atoms with Crippen molar-refractivity contribution in [2.45, 2.75) is 31.2 Å². The van der Waals surface area contributed by atoms with E-state index in [1.54, 1.807) is 12.1 Å². The molecule has 1 aromatic rings. The number of sulfonamides is 1. The zero-order chi connectivity index (χ0) is 13.3. The topological polar surface area (TPSA) is 70.6 Å².